The number of likely N-dealkylation sites (N-methyl/N-ethyl adjacent to an activating group) is 1. The smallest absolute Gasteiger partial charge is 0.257 e. The lowest BCUT2D eigenvalue weighted by molar-refractivity contribution is -0.125. The maximum absolute atomic E-state index is 12.5. The van der Waals surface area contributed by atoms with Crippen LogP contribution in [-0.4, -0.2) is 58.9 Å². The van der Waals surface area contributed by atoms with E-state index in [2.05, 4.69) is 18.5 Å². The summed E-state index contributed by atoms with van der Waals surface area (Å²) in [4.78, 5) is 14.0. The van der Waals surface area contributed by atoms with Crippen LogP contribution in [0.15, 0.2) is 71.8 Å². The molecule has 1 heterocycles. The van der Waals surface area contributed by atoms with Crippen LogP contribution in [0.25, 0.3) is 0 Å². The number of allylic oxidation sites excluding steroid dienone is 2. The molecule has 0 spiro atoms. The lowest BCUT2D eigenvalue weighted by Gasteiger charge is -2.18. The summed E-state index contributed by atoms with van der Waals surface area (Å²) in [7, 11) is 1.75. The molecule has 0 saturated heterocycles. The highest BCUT2D eigenvalue weighted by Crippen LogP contribution is 2.19. The number of nitrogens with one attached hydrogen (secondary N) is 1. The highest BCUT2D eigenvalue weighted by molar-refractivity contribution is 5.97. The number of amides is 1. The van der Waals surface area contributed by atoms with Gasteiger partial charge in [0, 0.05) is 19.2 Å². The van der Waals surface area contributed by atoms with Crippen LogP contribution >= 0.6 is 0 Å². The molecule has 26 heavy (non-hydrogen) atoms. The maximum Gasteiger partial charge on any atom is 0.257 e. The van der Waals surface area contributed by atoms with Gasteiger partial charge in [0.05, 0.1) is 18.2 Å². The largest absolute Gasteiger partial charge is 0.508 e. The van der Waals surface area contributed by atoms with Crippen molar-refractivity contribution in [1.29, 1.82) is 0 Å². The van der Waals surface area contributed by atoms with E-state index in [1.165, 1.54) is 11.0 Å². The van der Waals surface area contributed by atoms with Crippen LogP contribution in [0, 0.1) is 0 Å². The van der Waals surface area contributed by atoms with Gasteiger partial charge in [0.15, 0.2) is 0 Å². The van der Waals surface area contributed by atoms with Crippen LogP contribution < -0.4 is 5.32 Å². The Labute approximate surface area is 154 Å². The second kappa shape index (κ2) is 10.4. The van der Waals surface area contributed by atoms with Crippen LogP contribution in [0.2, 0.25) is 0 Å². The molecular weight excluding hydrogens is 332 g/mol. The van der Waals surface area contributed by atoms with E-state index < -0.39 is 5.91 Å². The van der Waals surface area contributed by atoms with Crippen LogP contribution in [0.1, 0.15) is 13.3 Å². The van der Waals surface area contributed by atoms with Gasteiger partial charge in [-0.2, -0.15) is 0 Å². The number of carbonyl (C=O) groups excluding carboxylic acids is 1. The minimum atomic E-state index is -0.407. The van der Waals surface area contributed by atoms with Gasteiger partial charge in [-0.15, -0.1) is 0 Å². The molecule has 0 aliphatic carbocycles. The first kappa shape index (κ1) is 21.5. The first-order valence-electron chi connectivity index (χ1n) is 8.47. The van der Waals surface area contributed by atoms with Crippen molar-refractivity contribution in [3.05, 3.63) is 71.8 Å². The van der Waals surface area contributed by atoms with Gasteiger partial charge >= 0.3 is 0 Å². The van der Waals surface area contributed by atoms with Crippen molar-refractivity contribution >= 4 is 5.91 Å². The Morgan fingerprint density at radius 1 is 1.46 bits per heavy atom. The highest BCUT2D eigenvalue weighted by Gasteiger charge is 2.23. The second-order valence-corrected chi connectivity index (χ2v) is 5.88. The Bertz CT molecular complexity index is 667. The predicted octanol–water partition coefficient (Wildman–Crippen LogP) is 2.30. The van der Waals surface area contributed by atoms with Gasteiger partial charge in [0.25, 0.3) is 5.91 Å². The van der Waals surface area contributed by atoms with Crippen molar-refractivity contribution in [3.63, 3.8) is 0 Å². The Hall–Kier alpha value is -2.57. The topological polar surface area (TPSA) is 93.0 Å². The molecule has 1 unspecified atom stereocenters. The molecule has 0 aromatic carbocycles. The fraction of sp³-hybridized carbons (Fsp3) is 0.350. The van der Waals surface area contributed by atoms with E-state index in [9.17, 15) is 20.1 Å². The zero-order valence-corrected chi connectivity index (χ0v) is 15.4. The van der Waals surface area contributed by atoms with E-state index >= 15 is 0 Å². The Kier molecular flexibility index (Phi) is 8.61. The monoisotopic (exact) mass is 360 g/mol. The first-order valence-corrected chi connectivity index (χ1v) is 8.47. The zero-order valence-electron chi connectivity index (χ0n) is 15.4. The van der Waals surface area contributed by atoms with E-state index in [1.807, 2.05) is 19.1 Å². The number of nitrogens with zero attached hydrogens (tertiary/aromatic N) is 1. The summed E-state index contributed by atoms with van der Waals surface area (Å²) in [6, 6.07) is -0.228. The minimum Gasteiger partial charge on any atom is -0.508 e. The lowest BCUT2D eigenvalue weighted by atomic mass is 10.0. The minimum absolute atomic E-state index is 0.0610. The van der Waals surface area contributed by atoms with E-state index in [4.69, 9.17) is 0 Å². The molecule has 0 aromatic heterocycles. The third-order valence-electron chi connectivity index (χ3n) is 4.02. The van der Waals surface area contributed by atoms with Crippen molar-refractivity contribution in [3.8, 4) is 0 Å². The third-order valence-corrected chi connectivity index (χ3v) is 4.02. The number of aliphatic hydroxyl groups excluding tert-OH is 3. The van der Waals surface area contributed by atoms with Gasteiger partial charge in [-0.3, -0.25) is 4.79 Å². The Morgan fingerprint density at radius 2 is 2.15 bits per heavy atom. The average molecular weight is 360 g/mol. The SMILES string of the molecule is C=C/C(=C\C1=CCN(C(=O)C(=C)/C(O)=C\C(O)=C\CC)C1)C(CO)NC. The zero-order chi connectivity index (χ0) is 19.7. The number of hydrogen-bond acceptors (Lipinski definition) is 5. The summed E-state index contributed by atoms with van der Waals surface area (Å²) in [5, 5.41) is 31.9. The van der Waals surface area contributed by atoms with E-state index in [1.54, 1.807) is 13.1 Å². The second-order valence-electron chi connectivity index (χ2n) is 5.88. The van der Waals surface area contributed by atoms with Gasteiger partial charge in [-0.1, -0.05) is 38.3 Å². The van der Waals surface area contributed by atoms with Crippen LogP contribution in [0.5, 0.6) is 0 Å². The van der Waals surface area contributed by atoms with Crippen molar-refractivity contribution in [2.75, 3.05) is 26.7 Å². The molecule has 6 heteroatoms. The van der Waals surface area contributed by atoms with Gasteiger partial charge in [-0.05, 0) is 30.7 Å². The highest BCUT2D eigenvalue weighted by atomic mass is 16.3. The van der Waals surface area contributed by atoms with Crippen molar-refractivity contribution in [1.82, 2.24) is 10.2 Å². The average Bonchev–Trinajstić information content (AvgIpc) is 3.09. The van der Waals surface area contributed by atoms with Gasteiger partial charge in [0.2, 0.25) is 0 Å². The summed E-state index contributed by atoms with van der Waals surface area (Å²) >= 11 is 0. The molecule has 0 fully saturated rings. The molecule has 1 atom stereocenters. The molecule has 0 saturated carbocycles. The fourth-order valence-corrected chi connectivity index (χ4v) is 2.51. The van der Waals surface area contributed by atoms with Gasteiger partial charge < -0.3 is 25.5 Å². The molecule has 0 bridgehead atoms. The van der Waals surface area contributed by atoms with Crippen LogP contribution in [0.4, 0.5) is 0 Å². The number of carbonyl (C=O) groups is 1. The molecule has 1 rings (SSSR count). The van der Waals surface area contributed by atoms with Gasteiger partial charge in [-0.25, -0.2) is 0 Å². The van der Waals surface area contributed by atoms with E-state index in [0.717, 1.165) is 17.2 Å². The van der Waals surface area contributed by atoms with Crippen molar-refractivity contribution < 1.29 is 20.1 Å². The molecule has 4 N–H and O–H groups in total. The molecule has 0 aromatic rings. The summed E-state index contributed by atoms with van der Waals surface area (Å²) in [6.07, 6.45) is 8.68. The fourth-order valence-electron chi connectivity index (χ4n) is 2.51. The van der Waals surface area contributed by atoms with Gasteiger partial charge in [0.1, 0.15) is 11.5 Å². The molecule has 6 nitrogen and oxygen atoms in total. The number of hydrogen-bond donors (Lipinski definition) is 4. The summed E-state index contributed by atoms with van der Waals surface area (Å²) < 4.78 is 0. The van der Waals surface area contributed by atoms with E-state index in [-0.39, 0.29) is 29.7 Å². The standard InChI is InChI=1S/C20H28N2O4/c1-5-7-17(24)11-19(25)14(3)20(26)22-9-8-15(12-22)10-16(6-2)18(13-23)21-4/h6-8,10-11,18,21,23-25H,2-3,5,9,12-13H2,1,4H3/b16-10+,17-7-,19-11+. The van der Waals surface area contributed by atoms with Crippen LogP contribution in [-0.2, 0) is 4.79 Å². The Balaban J connectivity index is 2.81. The molecule has 0 radical (unpaired) electrons. The first-order chi connectivity index (χ1) is 12.4. The number of rotatable bonds is 9. The quantitative estimate of drug-likeness (QED) is 0.288. The molecule has 1 aliphatic heterocycles. The molecule has 1 aliphatic rings. The normalized spacial score (nSPS) is 17.1. The third kappa shape index (κ3) is 5.75. The maximum atomic E-state index is 12.5. The Morgan fingerprint density at radius 3 is 2.69 bits per heavy atom. The van der Waals surface area contributed by atoms with Crippen LogP contribution in [0.3, 0.4) is 0 Å². The summed E-state index contributed by atoms with van der Waals surface area (Å²) in [5.74, 6) is -0.876. The van der Waals surface area contributed by atoms with E-state index in [0.29, 0.717) is 19.5 Å². The van der Waals surface area contributed by atoms with Crippen molar-refractivity contribution in [2.45, 2.75) is 19.4 Å². The molecular formula is C20H28N2O4. The predicted molar refractivity (Wildman–Crippen MR) is 104 cm³/mol. The number of aliphatic hydroxyl groups is 3. The van der Waals surface area contributed by atoms with Crippen molar-refractivity contribution in [2.24, 2.45) is 0 Å². The lowest BCUT2D eigenvalue weighted by Crippen LogP contribution is -2.31. The molecule has 1 amide bonds. The molecule has 142 valence electrons. The summed E-state index contributed by atoms with van der Waals surface area (Å²) in [6.45, 7) is 9.92. The summed E-state index contributed by atoms with van der Waals surface area (Å²) in [5.41, 5.74) is 1.66.